The van der Waals surface area contributed by atoms with Crippen LogP contribution in [0.2, 0.25) is 0 Å². The molecule has 1 aromatic carbocycles. The third kappa shape index (κ3) is 4.19. The highest BCUT2D eigenvalue weighted by molar-refractivity contribution is 5.83. The normalized spacial score (nSPS) is 13.9. The number of rotatable bonds is 5. The third-order valence-electron chi connectivity index (χ3n) is 3.73. The van der Waals surface area contributed by atoms with Gasteiger partial charge in [0.2, 0.25) is 0 Å². The lowest BCUT2D eigenvalue weighted by Crippen LogP contribution is -1.93. The van der Waals surface area contributed by atoms with Crippen LogP contribution in [0.4, 0.5) is 0 Å². The van der Waals surface area contributed by atoms with Crippen LogP contribution in [0.3, 0.4) is 0 Å². The van der Waals surface area contributed by atoms with Gasteiger partial charge in [0.1, 0.15) is 0 Å². The number of benzene rings is 1. The van der Waals surface area contributed by atoms with Gasteiger partial charge >= 0.3 is 0 Å². The van der Waals surface area contributed by atoms with Gasteiger partial charge in [-0.2, -0.15) is 0 Å². The number of hydrogen-bond acceptors (Lipinski definition) is 0. The Morgan fingerprint density at radius 2 is 1.76 bits per heavy atom. The van der Waals surface area contributed by atoms with E-state index in [-0.39, 0.29) is 0 Å². The molecule has 0 heterocycles. The Hall–Kier alpha value is -2.08. The fraction of sp³-hybridized carbons (Fsp3) is 0.238. The van der Waals surface area contributed by atoms with Gasteiger partial charge in [-0.25, -0.2) is 0 Å². The molecule has 0 nitrogen and oxygen atoms in total. The first-order valence-corrected chi connectivity index (χ1v) is 7.45. The average molecular weight is 278 g/mol. The molecule has 0 spiro atoms. The zero-order chi connectivity index (χ0) is 15.8. The van der Waals surface area contributed by atoms with Gasteiger partial charge in [0.25, 0.3) is 0 Å². The molecular weight excluding hydrogens is 252 g/mol. The maximum absolute atomic E-state index is 3.74. The van der Waals surface area contributed by atoms with E-state index in [2.05, 4.69) is 83.7 Å². The van der Waals surface area contributed by atoms with Crippen molar-refractivity contribution in [3.63, 3.8) is 0 Å². The molecule has 0 atom stereocenters. The molecule has 0 aliphatic rings. The van der Waals surface area contributed by atoms with E-state index in [9.17, 15) is 0 Å². The summed E-state index contributed by atoms with van der Waals surface area (Å²) in [6.45, 7) is 14.3. The molecule has 0 saturated carbocycles. The molecule has 0 N–H and O–H groups in total. The van der Waals surface area contributed by atoms with Gasteiger partial charge in [0.05, 0.1) is 0 Å². The van der Waals surface area contributed by atoms with E-state index in [0.717, 1.165) is 0 Å². The van der Waals surface area contributed by atoms with Gasteiger partial charge in [-0.15, -0.1) is 0 Å². The number of hydrogen-bond donors (Lipinski definition) is 0. The van der Waals surface area contributed by atoms with Gasteiger partial charge in [-0.3, -0.25) is 0 Å². The second-order valence-electron chi connectivity index (χ2n) is 5.04. The highest BCUT2D eigenvalue weighted by Crippen LogP contribution is 2.29. The lowest BCUT2D eigenvalue weighted by Gasteiger charge is -2.14. The summed E-state index contributed by atoms with van der Waals surface area (Å²) in [7, 11) is 0. The van der Waals surface area contributed by atoms with E-state index in [4.69, 9.17) is 0 Å². The Bertz CT molecular complexity index is 619. The quantitative estimate of drug-likeness (QED) is 0.538. The summed E-state index contributed by atoms with van der Waals surface area (Å²) < 4.78 is 0. The standard InChI is InChI=1S/C21H26/c1-7-11-12-18(9-3)19-14-13-17(6)21(15-19)20(10-4)16(5)8-2/h7-15H,1H2,2-6H3/b12-11-,16-8-,18-9+,20-10+. The summed E-state index contributed by atoms with van der Waals surface area (Å²) in [5.41, 5.74) is 7.67. The minimum Gasteiger partial charge on any atom is -0.0991 e. The molecule has 0 unspecified atom stereocenters. The molecule has 21 heavy (non-hydrogen) atoms. The maximum Gasteiger partial charge on any atom is -0.0149 e. The van der Waals surface area contributed by atoms with E-state index in [1.165, 1.54) is 33.4 Å². The van der Waals surface area contributed by atoms with Crippen molar-refractivity contribution in [1.82, 2.24) is 0 Å². The molecule has 0 aliphatic heterocycles. The average Bonchev–Trinajstić information content (AvgIpc) is 2.51. The fourth-order valence-corrected chi connectivity index (χ4v) is 2.37. The van der Waals surface area contributed by atoms with Crippen molar-refractivity contribution in [3.05, 3.63) is 83.5 Å². The Balaban J connectivity index is 3.40. The van der Waals surface area contributed by atoms with E-state index in [1.807, 2.05) is 6.08 Å². The lowest BCUT2D eigenvalue weighted by molar-refractivity contribution is 1.37. The van der Waals surface area contributed by atoms with E-state index >= 15 is 0 Å². The molecule has 1 aromatic rings. The summed E-state index contributed by atoms with van der Waals surface area (Å²) in [5, 5.41) is 0. The second kappa shape index (κ2) is 8.26. The Morgan fingerprint density at radius 1 is 1.05 bits per heavy atom. The Morgan fingerprint density at radius 3 is 2.29 bits per heavy atom. The molecule has 0 bridgehead atoms. The number of aryl methyl sites for hydroxylation is 1. The van der Waals surface area contributed by atoms with Crippen molar-refractivity contribution < 1.29 is 0 Å². The van der Waals surface area contributed by atoms with E-state index < -0.39 is 0 Å². The molecule has 110 valence electrons. The van der Waals surface area contributed by atoms with Crippen molar-refractivity contribution in [2.75, 3.05) is 0 Å². The summed E-state index contributed by atoms with van der Waals surface area (Å²) in [6, 6.07) is 6.66. The first-order chi connectivity index (χ1) is 10.1. The molecule has 0 radical (unpaired) electrons. The van der Waals surface area contributed by atoms with Crippen molar-refractivity contribution in [2.24, 2.45) is 0 Å². The van der Waals surface area contributed by atoms with Gasteiger partial charge in [-0.1, -0.05) is 55.2 Å². The van der Waals surface area contributed by atoms with Crippen LogP contribution >= 0.6 is 0 Å². The van der Waals surface area contributed by atoms with Gasteiger partial charge < -0.3 is 0 Å². The van der Waals surface area contributed by atoms with Crippen LogP contribution in [0.25, 0.3) is 11.1 Å². The fourth-order valence-electron chi connectivity index (χ4n) is 2.37. The monoisotopic (exact) mass is 278 g/mol. The highest BCUT2D eigenvalue weighted by atomic mass is 14.1. The molecule has 0 saturated heterocycles. The van der Waals surface area contributed by atoms with Crippen molar-refractivity contribution in [2.45, 2.75) is 34.6 Å². The van der Waals surface area contributed by atoms with Gasteiger partial charge in [-0.05, 0) is 74.1 Å². The molecule has 0 fully saturated rings. The Labute approximate surface area is 129 Å². The van der Waals surface area contributed by atoms with Crippen molar-refractivity contribution in [1.29, 1.82) is 0 Å². The van der Waals surface area contributed by atoms with Crippen LogP contribution < -0.4 is 0 Å². The molecule has 0 amide bonds. The first-order valence-electron chi connectivity index (χ1n) is 7.45. The first kappa shape index (κ1) is 17.0. The predicted octanol–water partition coefficient (Wildman–Crippen LogP) is 6.51. The zero-order valence-corrected chi connectivity index (χ0v) is 13.9. The van der Waals surface area contributed by atoms with Crippen molar-refractivity contribution >= 4 is 11.1 Å². The second-order valence-corrected chi connectivity index (χ2v) is 5.04. The van der Waals surface area contributed by atoms with E-state index in [1.54, 1.807) is 6.08 Å². The lowest BCUT2D eigenvalue weighted by atomic mass is 9.91. The van der Waals surface area contributed by atoms with Crippen LogP contribution in [0.15, 0.2) is 66.8 Å². The molecule has 1 rings (SSSR count). The van der Waals surface area contributed by atoms with Crippen LogP contribution in [0, 0.1) is 6.92 Å². The summed E-state index contributed by atoms with van der Waals surface area (Å²) in [5.74, 6) is 0. The third-order valence-corrected chi connectivity index (χ3v) is 3.73. The smallest absolute Gasteiger partial charge is 0.0149 e. The van der Waals surface area contributed by atoms with Gasteiger partial charge in [0.15, 0.2) is 0 Å². The van der Waals surface area contributed by atoms with Crippen molar-refractivity contribution in [3.8, 4) is 0 Å². The Kier molecular flexibility index (Phi) is 6.68. The summed E-state index contributed by atoms with van der Waals surface area (Å²) in [6.07, 6.45) is 12.4. The number of allylic oxidation sites excluding steroid dienone is 9. The molecule has 0 aromatic heterocycles. The predicted molar refractivity (Wildman–Crippen MR) is 97.2 cm³/mol. The van der Waals surface area contributed by atoms with Crippen LogP contribution in [0.1, 0.15) is 44.4 Å². The minimum atomic E-state index is 1.21. The summed E-state index contributed by atoms with van der Waals surface area (Å²) in [4.78, 5) is 0. The van der Waals surface area contributed by atoms with E-state index in [0.29, 0.717) is 0 Å². The van der Waals surface area contributed by atoms with Crippen LogP contribution in [-0.4, -0.2) is 0 Å². The van der Waals surface area contributed by atoms with Gasteiger partial charge in [0, 0.05) is 0 Å². The minimum absolute atomic E-state index is 1.21. The molecule has 0 aliphatic carbocycles. The van der Waals surface area contributed by atoms with Crippen LogP contribution in [0.5, 0.6) is 0 Å². The maximum atomic E-state index is 3.74. The van der Waals surface area contributed by atoms with Crippen LogP contribution in [-0.2, 0) is 0 Å². The SMILES string of the molecule is C=C/C=C\C(=C/C)c1ccc(C)c(C(=C/C)/C(C)=C\C)c1. The molecule has 0 heteroatoms. The highest BCUT2D eigenvalue weighted by Gasteiger charge is 2.08. The molecular formula is C21H26. The largest absolute Gasteiger partial charge is 0.0991 e. The summed E-state index contributed by atoms with van der Waals surface area (Å²) >= 11 is 0. The topological polar surface area (TPSA) is 0 Å². The zero-order valence-electron chi connectivity index (χ0n) is 13.9.